The van der Waals surface area contributed by atoms with E-state index in [1.54, 1.807) is 4.90 Å². The number of unbranched alkanes of at least 4 members (excludes halogenated alkanes) is 2. The topological polar surface area (TPSA) is 65.1 Å². The van der Waals surface area contributed by atoms with Gasteiger partial charge in [0.2, 0.25) is 0 Å². The van der Waals surface area contributed by atoms with Crippen LogP contribution in [-0.2, 0) is 20.9 Å². The van der Waals surface area contributed by atoms with Crippen molar-refractivity contribution in [2.75, 3.05) is 20.3 Å². The minimum Gasteiger partial charge on any atom is -0.490 e. The lowest BCUT2D eigenvalue weighted by atomic mass is 10.1. The summed E-state index contributed by atoms with van der Waals surface area (Å²) < 4.78 is 17.0. The molecule has 1 heterocycles. The van der Waals surface area contributed by atoms with Gasteiger partial charge in [-0.05, 0) is 56.0 Å². The molecule has 0 unspecified atom stereocenters. The molecule has 1 fully saturated rings. The maximum Gasteiger partial charge on any atom is 0.305 e. The van der Waals surface area contributed by atoms with Crippen molar-refractivity contribution in [2.45, 2.75) is 46.1 Å². The monoisotopic (exact) mass is 513 g/mol. The highest BCUT2D eigenvalue weighted by molar-refractivity contribution is 8.26. The Hall–Kier alpha value is -2.84. The number of hydrogen-bond acceptors (Lipinski definition) is 7. The fourth-order valence-electron chi connectivity index (χ4n) is 3.63. The number of thiocarbonyl (C=S) groups is 1. The number of rotatable bonds is 12. The number of nitrogens with zero attached hydrogens (tertiary/aromatic N) is 1. The minimum absolute atomic E-state index is 0.0919. The van der Waals surface area contributed by atoms with E-state index in [2.05, 4.69) is 23.8 Å². The number of esters is 1. The molecule has 0 aliphatic carbocycles. The Morgan fingerprint density at radius 1 is 1.09 bits per heavy atom. The molecular formula is C27H31NO5S2. The Balaban J connectivity index is 1.63. The molecule has 0 atom stereocenters. The van der Waals surface area contributed by atoms with E-state index in [1.165, 1.54) is 24.4 Å². The normalized spacial score (nSPS) is 14.5. The van der Waals surface area contributed by atoms with E-state index < -0.39 is 0 Å². The highest BCUT2D eigenvalue weighted by Crippen LogP contribution is 2.35. The van der Waals surface area contributed by atoms with Crippen LogP contribution in [0.4, 0.5) is 0 Å². The molecule has 2 aromatic carbocycles. The highest BCUT2D eigenvalue weighted by Gasteiger charge is 2.31. The number of amides is 1. The van der Waals surface area contributed by atoms with E-state index in [4.69, 9.17) is 21.7 Å². The molecule has 1 aliphatic rings. The van der Waals surface area contributed by atoms with Gasteiger partial charge in [0.15, 0.2) is 11.5 Å². The van der Waals surface area contributed by atoms with Crippen LogP contribution >= 0.6 is 24.0 Å². The Labute approximate surface area is 216 Å². The van der Waals surface area contributed by atoms with Gasteiger partial charge in [-0.3, -0.25) is 14.5 Å². The molecule has 1 aliphatic heterocycles. The molecule has 3 rings (SSSR count). The van der Waals surface area contributed by atoms with E-state index in [1.807, 2.05) is 43.3 Å². The molecule has 0 bridgehead atoms. The third-order valence-corrected chi connectivity index (χ3v) is 6.78. The molecule has 0 saturated carbocycles. The number of benzene rings is 2. The second-order valence-electron chi connectivity index (χ2n) is 8.14. The van der Waals surface area contributed by atoms with Crippen LogP contribution in [0.25, 0.3) is 6.08 Å². The van der Waals surface area contributed by atoms with Crippen LogP contribution in [0.2, 0.25) is 0 Å². The zero-order valence-corrected chi connectivity index (χ0v) is 22.0. The van der Waals surface area contributed by atoms with Crippen molar-refractivity contribution < 1.29 is 23.8 Å². The van der Waals surface area contributed by atoms with Crippen molar-refractivity contribution in [3.8, 4) is 11.5 Å². The first kappa shape index (κ1) is 26.8. The van der Waals surface area contributed by atoms with E-state index in [-0.39, 0.29) is 11.9 Å². The average molecular weight is 514 g/mol. The van der Waals surface area contributed by atoms with E-state index >= 15 is 0 Å². The van der Waals surface area contributed by atoms with Gasteiger partial charge in [0.05, 0.1) is 18.6 Å². The second-order valence-corrected chi connectivity index (χ2v) is 9.81. The molecule has 1 amide bonds. The van der Waals surface area contributed by atoms with Gasteiger partial charge in [0.1, 0.15) is 10.9 Å². The summed E-state index contributed by atoms with van der Waals surface area (Å²) in [6.07, 6.45) is 4.56. The lowest BCUT2D eigenvalue weighted by molar-refractivity contribution is -0.140. The van der Waals surface area contributed by atoms with Crippen molar-refractivity contribution in [2.24, 2.45) is 0 Å². The van der Waals surface area contributed by atoms with Crippen LogP contribution < -0.4 is 9.47 Å². The van der Waals surface area contributed by atoms with E-state index in [0.29, 0.717) is 46.9 Å². The van der Waals surface area contributed by atoms with Gasteiger partial charge in [-0.1, -0.05) is 66.3 Å². The highest BCUT2D eigenvalue weighted by atomic mass is 32.2. The lowest BCUT2D eigenvalue weighted by Crippen LogP contribution is -2.29. The average Bonchev–Trinajstić information content (AvgIpc) is 3.10. The summed E-state index contributed by atoms with van der Waals surface area (Å²) in [5.74, 6) is 0.988. The molecule has 0 N–H and O–H groups in total. The molecule has 2 aromatic rings. The molecule has 1 saturated heterocycles. The first-order chi connectivity index (χ1) is 16.9. The van der Waals surface area contributed by atoms with Gasteiger partial charge >= 0.3 is 5.97 Å². The SMILES string of the molecule is CCOc1cc(/C=C2/SC(=S)N(CCCCCC(=O)OC)C2=O)ccc1OCc1cccc(C)c1. The van der Waals surface area contributed by atoms with Gasteiger partial charge in [0.25, 0.3) is 5.91 Å². The second kappa shape index (κ2) is 13.3. The predicted octanol–water partition coefficient (Wildman–Crippen LogP) is 5.91. The third-order valence-electron chi connectivity index (χ3n) is 5.41. The number of carbonyl (C=O) groups is 2. The summed E-state index contributed by atoms with van der Waals surface area (Å²) in [5, 5.41) is 0. The van der Waals surface area contributed by atoms with Crippen LogP contribution in [-0.4, -0.2) is 41.4 Å². The van der Waals surface area contributed by atoms with Crippen molar-refractivity contribution >= 4 is 46.3 Å². The van der Waals surface area contributed by atoms with Gasteiger partial charge < -0.3 is 14.2 Å². The number of ether oxygens (including phenoxy) is 3. The van der Waals surface area contributed by atoms with Crippen molar-refractivity contribution in [3.05, 3.63) is 64.1 Å². The number of aryl methyl sites for hydroxylation is 1. The standard InChI is InChI=1S/C27H31NO5S2/c1-4-32-23-16-20(12-13-22(23)33-18-21-10-8-9-19(2)15-21)17-24-26(30)28(27(34)35-24)14-7-5-6-11-25(29)31-3/h8-10,12-13,15-17H,4-7,11,14,18H2,1-3H3/b24-17+. The molecule has 8 heteroatoms. The maximum absolute atomic E-state index is 12.9. The summed E-state index contributed by atoms with van der Waals surface area (Å²) >= 11 is 6.74. The van der Waals surface area contributed by atoms with Crippen LogP contribution in [0.3, 0.4) is 0 Å². The largest absolute Gasteiger partial charge is 0.490 e. The Kier molecular flexibility index (Phi) is 10.2. The summed E-state index contributed by atoms with van der Waals surface area (Å²) in [4.78, 5) is 26.4. The van der Waals surface area contributed by atoms with Gasteiger partial charge in [0, 0.05) is 13.0 Å². The number of thioether (sulfide) groups is 1. The van der Waals surface area contributed by atoms with Crippen molar-refractivity contribution in [3.63, 3.8) is 0 Å². The molecule has 0 aromatic heterocycles. The number of methoxy groups -OCH3 is 1. The van der Waals surface area contributed by atoms with Crippen LogP contribution in [0.5, 0.6) is 11.5 Å². The smallest absolute Gasteiger partial charge is 0.305 e. The van der Waals surface area contributed by atoms with Gasteiger partial charge in [-0.2, -0.15) is 0 Å². The Bertz CT molecular complexity index is 1100. The third kappa shape index (κ3) is 7.83. The first-order valence-electron chi connectivity index (χ1n) is 11.7. The molecule has 35 heavy (non-hydrogen) atoms. The number of hydrogen-bond donors (Lipinski definition) is 0. The Morgan fingerprint density at radius 3 is 2.66 bits per heavy atom. The van der Waals surface area contributed by atoms with Gasteiger partial charge in [-0.25, -0.2) is 0 Å². The molecule has 0 spiro atoms. The molecule has 6 nitrogen and oxygen atoms in total. The fourth-order valence-corrected chi connectivity index (χ4v) is 4.94. The zero-order chi connectivity index (χ0) is 25.2. The maximum atomic E-state index is 12.9. The summed E-state index contributed by atoms with van der Waals surface area (Å²) in [5.41, 5.74) is 3.12. The van der Waals surface area contributed by atoms with Crippen LogP contribution in [0.15, 0.2) is 47.4 Å². The summed E-state index contributed by atoms with van der Waals surface area (Å²) in [7, 11) is 1.39. The first-order valence-corrected chi connectivity index (χ1v) is 12.9. The Morgan fingerprint density at radius 2 is 1.91 bits per heavy atom. The fraction of sp³-hybridized carbons (Fsp3) is 0.370. The van der Waals surface area contributed by atoms with Crippen molar-refractivity contribution in [1.29, 1.82) is 0 Å². The molecular weight excluding hydrogens is 482 g/mol. The van der Waals surface area contributed by atoms with Crippen LogP contribution in [0, 0.1) is 6.92 Å². The van der Waals surface area contributed by atoms with E-state index in [9.17, 15) is 9.59 Å². The van der Waals surface area contributed by atoms with E-state index in [0.717, 1.165) is 30.4 Å². The summed E-state index contributed by atoms with van der Waals surface area (Å²) in [6.45, 7) is 5.46. The number of carbonyl (C=O) groups excluding carboxylic acids is 2. The quantitative estimate of drug-likeness (QED) is 0.151. The van der Waals surface area contributed by atoms with Crippen LogP contribution in [0.1, 0.15) is 49.3 Å². The summed E-state index contributed by atoms with van der Waals surface area (Å²) in [6, 6.07) is 13.9. The molecule has 186 valence electrons. The van der Waals surface area contributed by atoms with Gasteiger partial charge in [-0.15, -0.1) is 0 Å². The predicted molar refractivity (Wildman–Crippen MR) is 143 cm³/mol. The zero-order valence-electron chi connectivity index (χ0n) is 20.4. The minimum atomic E-state index is -0.212. The lowest BCUT2D eigenvalue weighted by Gasteiger charge is -2.14. The molecule has 0 radical (unpaired) electrons. The van der Waals surface area contributed by atoms with Crippen molar-refractivity contribution in [1.82, 2.24) is 4.90 Å².